The van der Waals surface area contributed by atoms with Crippen molar-refractivity contribution in [3.05, 3.63) is 35.9 Å². The molecule has 7 nitrogen and oxygen atoms in total. The maximum atomic E-state index is 12.7. The third-order valence-electron chi connectivity index (χ3n) is 4.64. The number of carboxylic acids is 1. The Kier molecular flexibility index (Phi) is 8.26. The molecule has 0 bridgehead atoms. The molecule has 1 aliphatic heterocycles. The van der Waals surface area contributed by atoms with E-state index in [1.165, 1.54) is 4.90 Å². The van der Waals surface area contributed by atoms with Crippen LogP contribution in [0.5, 0.6) is 0 Å². The van der Waals surface area contributed by atoms with E-state index in [0.29, 0.717) is 25.8 Å². The minimum Gasteiger partial charge on any atom is -0.480 e. The molecule has 2 unspecified atom stereocenters. The number of amides is 1. The number of likely N-dealkylation sites (tertiary alicyclic amines) is 1. The normalized spacial score (nSPS) is 18.6. The number of hydrogen-bond acceptors (Lipinski definition) is 5. The first-order valence-electron chi connectivity index (χ1n) is 9.48. The van der Waals surface area contributed by atoms with E-state index in [9.17, 15) is 14.4 Å². The highest BCUT2D eigenvalue weighted by molar-refractivity contribution is 5.86. The van der Waals surface area contributed by atoms with Gasteiger partial charge in [0.2, 0.25) is 5.91 Å². The number of esters is 1. The Morgan fingerprint density at radius 2 is 2.04 bits per heavy atom. The van der Waals surface area contributed by atoms with Crippen LogP contribution in [0.1, 0.15) is 38.2 Å². The second kappa shape index (κ2) is 10.7. The molecule has 0 saturated carbocycles. The molecule has 2 atom stereocenters. The van der Waals surface area contributed by atoms with Gasteiger partial charge in [-0.05, 0) is 44.6 Å². The van der Waals surface area contributed by atoms with E-state index in [-0.39, 0.29) is 25.0 Å². The van der Waals surface area contributed by atoms with E-state index >= 15 is 0 Å². The molecule has 7 heteroatoms. The zero-order valence-electron chi connectivity index (χ0n) is 15.7. The van der Waals surface area contributed by atoms with Gasteiger partial charge in [0.05, 0.1) is 12.6 Å². The fourth-order valence-electron chi connectivity index (χ4n) is 3.29. The largest absolute Gasteiger partial charge is 0.480 e. The number of nitrogens with one attached hydrogen (secondary N) is 1. The van der Waals surface area contributed by atoms with Gasteiger partial charge in [0.15, 0.2) is 0 Å². The van der Waals surface area contributed by atoms with Crippen LogP contribution in [-0.2, 0) is 25.5 Å². The molecule has 1 amide bonds. The summed E-state index contributed by atoms with van der Waals surface area (Å²) in [6, 6.07) is 8.63. The zero-order valence-corrected chi connectivity index (χ0v) is 15.7. The molecular weight excluding hydrogens is 348 g/mol. The van der Waals surface area contributed by atoms with E-state index < -0.39 is 18.1 Å². The lowest BCUT2D eigenvalue weighted by molar-refractivity contribution is -0.148. The summed E-state index contributed by atoms with van der Waals surface area (Å²) in [5.41, 5.74) is 1.10. The molecule has 1 saturated heterocycles. The summed E-state index contributed by atoms with van der Waals surface area (Å²) >= 11 is 0. The zero-order chi connectivity index (χ0) is 19.6. The van der Waals surface area contributed by atoms with Crippen LogP contribution in [-0.4, -0.2) is 59.6 Å². The third kappa shape index (κ3) is 6.67. The van der Waals surface area contributed by atoms with Crippen LogP contribution in [0.3, 0.4) is 0 Å². The van der Waals surface area contributed by atoms with Gasteiger partial charge in [-0.15, -0.1) is 0 Å². The van der Waals surface area contributed by atoms with E-state index in [2.05, 4.69) is 5.32 Å². The van der Waals surface area contributed by atoms with E-state index in [1.54, 1.807) is 6.92 Å². The van der Waals surface area contributed by atoms with Crippen LogP contribution in [0, 0.1) is 0 Å². The summed E-state index contributed by atoms with van der Waals surface area (Å²) in [4.78, 5) is 37.5. The Bertz CT molecular complexity index is 635. The molecule has 1 aliphatic rings. The predicted octanol–water partition coefficient (Wildman–Crippen LogP) is 1.61. The number of hydrogen-bond donors (Lipinski definition) is 2. The Morgan fingerprint density at radius 1 is 1.30 bits per heavy atom. The molecule has 2 N–H and O–H groups in total. The molecule has 0 radical (unpaired) electrons. The number of carbonyl (C=O) groups excluding carboxylic acids is 2. The lowest BCUT2D eigenvalue weighted by Gasteiger charge is -2.26. The smallest absolute Gasteiger partial charge is 0.323 e. The summed E-state index contributed by atoms with van der Waals surface area (Å²) in [5.74, 6) is -1.67. The van der Waals surface area contributed by atoms with Gasteiger partial charge in [0.1, 0.15) is 12.6 Å². The lowest BCUT2D eigenvalue weighted by Crippen LogP contribution is -2.52. The van der Waals surface area contributed by atoms with Crippen LogP contribution in [0.15, 0.2) is 30.3 Å². The second-order valence-electron chi connectivity index (χ2n) is 6.70. The molecule has 0 aliphatic carbocycles. The van der Waals surface area contributed by atoms with Crippen molar-refractivity contribution in [3.8, 4) is 0 Å². The summed E-state index contributed by atoms with van der Waals surface area (Å²) in [5, 5.41) is 12.2. The molecule has 1 aromatic rings. The molecule has 27 heavy (non-hydrogen) atoms. The SMILES string of the molecule is CCOC(=O)C(CCc1ccccc1)NC1CCCCN(CC(=O)O)C1=O. The summed E-state index contributed by atoms with van der Waals surface area (Å²) in [7, 11) is 0. The molecule has 1 heterocycles. The monoisotopic (exact) mass is 376 g/mol. The summed E-state index contributed by atoms with van der Waals surface area (Å²) in [6.07, 6.45) is 3.32. The predicted molar refractivity (Wildman–Crippen MR) is 100 cm³/mol. The molecule has 0 aromatic heterocycles. The lowest BCUT2D eigenvalue weighted by atomic mass is 10.0. The number of rotatable bonds is 9. The second-order valence-corrected chi connectivity index (χ2v) is 6.70. The van der Waals surface area contributed by atoms with E-state index in [4.69, 9.17) is 9.84 Å². The van der Waals surface area contributed by atoms with Crippen molar-refractivity contribution in [1.29, 1.82) is 0 Å². The average Bonchev–Trinajstić information content (AvgIpc) is 2.81. The molecule has 0 spiro atoms. The van der Waals surface area contributed by atoms with Gasteiger partial charge in [0, 0.05) is 6.54 Å². The van der Waals surface area contributed by atoms with Crippen LogP contribution in [0.25, 0.3) is 0 Å². The Labute approximate surface area is 159 Å². The highest BCUT2D eigenvalue weighted by Crippen LogP contribution is 2.15. The van der Waals surface area contributed by atoms with Gasteiger partial charge in [-0.3, -0.25) is 19.7 Å². The van der Waals surface area contributed by atoms with Crippen molar-refractivity contribution >= 4 is 17.8 Å². The maximum Gasteiger partial charge on any atom is 0.323 e. The number of carboxylic acid groups (broad SMARTS) is 1. The summed E-state index contributed by atoms with van der Waals surface area (Å²) < 4.78 is 5.17. The summed E-state index contributed by atoms with van der Waals surface area (Å²) in [6.45, 7) is 2.13. The molecule has 1 fully saturated rings. The minimum atomic E-state index is -1.03. The van der Waals surface area contributed by atoms with Gasteiger partial charge in [-0.25, -0.2) is 0 Å². The number of nitrogens with zero attached hydrogens (tertiary/aromatic N) is 1. The number of benzene rings is 1. The van der Waals surface area contributed by atoms with Crippen molar-refractivity contribution in [3.63, 3.8) is 0 Å². The van der Waals surface area contributed by atoms with Gasteiger partial charge in [-0.1, -0.05) is 30.3 Å². The van der Waals surface area contributed by atoms with E-state index in [1.807, 2.05) is 30.3 Å². The first-order chi connectivity index (χ1) is 13.0. The van der Waals surface area contributed by atoms with Crippen molar-refractivity contribution in [1.82, 2.24) is 10.2 Å². The fraction of sp³-hybridized carbons (Fsp3) is 0.550. The van der Waals surface area contributed by atoms with Crippen molar-refractivity contribution in [2.75, 3.05) is 19.7 Å². The topological polar surface area (TPSA) is 95.9 Å². The fourth-order valence-corrected chi connectivity index (χ4v) is 3.29. The molecular formula is C20H28N2O5. The maximum absolute atomic E-state index is 12.7. The van der Waals surface area contributed by atoms with Crippen LogP contribution in [0.4, 0.5) is 0 Å². The molecule has 2 rings (SSSR count). The quantitative estimate of drug-likeness (QED) is 0.636. The number of carbonyl (C=O) groups is 3. The standard InChI is InChI=1S/C20H28N2O5/c1-2-27-20(26)17(12-11-15-8-4-3-5-9-15)21-16-10-6-7-13-22(19(16)25)14-18(23)24/h3-5,8-9,16-17,21H,2,6-7,10-14H2,1H3,(H,23,24). The van der Waals surface area contributed by atoms with E-state index in [0.717, 1.165) is 18.4 Å². The number of aryl methyl sites for hydroxylation is 1. The van der Waals surface area contributed by atoms with Crippen molar-refractivity contribution in [2.45, 2.75) is 51.1 Å². The minimum absolute atomic E-state index is 0.260. The first-order valence-corrected chi connectivity index (χ1v) is 9.48. The highest BCUT2D eigenvalue weighted by atomic mass is 16.5. The highest BCUT2D eigenvalue weighted by Gasteiger charge is 2.32. The van der Waals surface area contributed by atoms with Gasteiger partial charge >= 0.3 is 11.9 Å². The van der Waals surface area contributed by atoms with Gasteiger partial charge < -0.3 is 14.7 Å². The van der Waals surface area contributed by atoms with Crippen LogP contribution in [0.2, 0.25) is 0 Å². The third-order valence-corrected chi connectivity index (χ3v) is 4.64. The number of ether oxygens (including phenoxy) is 1. The average molecular weight is 376 g/mol. The molecule has 148 valence electrons. The van der Waals surface area contributed by atoms with Crippen LogP contribution >= 0.6 is 0 Å². The van der Waals surface area contributed by atoms with Crippen molar-refractivity contribution < 1.29 is 24.2 Å². The van der Waals surface area contributed by atoms with Crippen LogP contribution < -0.4 is 5.32 Å². The van der Waals surface area contributed by atoms with Gasteiger partial charge in [-0.2, -0.15) is 0 Å². The Hall–Kier alpha value is -2.41. The van der Waals surface area contributed by atoms with Gasteiger partial charge in [0.25, 0.3) is 0 Å². The Balaban J connectivity index is 2.06. The number of aliphatic carboxylic acids is 1. The first kappa shape index (κ1) is 20.9. The Morgan fingerprint density at radius 3 is 2.70 bits per heavy atom. The van der Waals surface area contributed by atoms with Crippen molar-refractivity contribution in [2.24, 2.45) is 0 Å². The molecule has 1 aromatic carbocycles.